The number of ether oxygens (including phenoxy) is 5. The van der Waals surface area contributed by atoms with Gasteiger partial charge in [0.25, 0.3) is 0 Å². The van der Waals surface area contributed by atoms with Gasteiger partial charge in [0.2, 0.25) is 5.75 Å². The van der Waals surface area contributed by atoms with Crippen molar-refractivity contribution in [3.63, 3.8) is 0 Å². The fourth-order valence-electron chi connectivity index (χ4n) is 5.14. The van der Waals surface area contributed by atoms with Crippen LogP contribution in [0.2, 0.25) is 0 Å². The van der Waals surface area contributed by atoms with Gasteiger partial charge in [-0.1, -0.05) is 30.3 Å². The van der Waals surface area contributed by atoms with Crippen molar-refractivity contribution in [2.75, 3.05) is 28.4 Å². The Kier molecular flexibility index (Phi) is 8.15. The van der Waals surface area contributed by atoms with E-state index in [1.165, 1.54) is 13.2 Å². The maximum absolute atomic E-state index is 12.7. The number of nitrogens with zero attached hydrogens (tertiary/aromatic N) is 1. The van der Waals surface area contributed by atoms with E-state index in [1.807, 2.05) is 37.4 Å². The van der Waals surface area contributed by atoms with Gasteiger partial charge >= 0.3 is 11.9 Å². The highest BCUT2D eigenvalue weighted by Crippen LogP contribution is 2.39. The maximum atomic E-state index is 12.7. The summed E-state index contributed by atoms with van der Waals surface area (Å²) in [6.45, 7) is 0. The molecule has 2 fully saturated rings. The molecule has 0 radical (unpaired) electrons. The van der Waals surface area contributed by atoms with E-state index in [-0.39, 0.29) is 36.7 Å². The Morgan fingerprint density at radius 3 is 2.28 bits per heavy atom. The SMILES string of the molecule is COc1cc(/C=C/C(=O)O[C@H]2CC3C[C@H](OC(=O)Cc4ccccc4)CC2N3C)cc(OC)c1OC. The summed E-state index contributed by atoms with van der Waals surface area (Å²) in [5.41, 5.74) is 1.65. The molecule has 2 unspecified atom stereocenters. The van der Waals surface area contributed by atoms with E-state index in [4.69, 9.17) is 23.7 Å². The van der Waals surface area contributed by atoms with Crippen LogP contribution in [0.3, 0.4) is 0 Å². The predicted octanol–water partition coefficient (Wildman–Crippen LogP) is 3.66. The maximum Gasteiger partial charge on any atom is 0.331 e. The van der Waals surface area contributed by atoms with Gasteiger partial charge in [-0.15, -0.1) is 0 Å². The van der Waals surface area contributed by atoms with E-state index in [0.29, 0.717) is 29.2 Å². The third kappa shape index (κ3) is 5.82. The van der Waals surface area contributed by atoms with Crippen LogP contribution in [0.5, 0.6) is 17.2 Å². The predicted molar refractivity (Wildman–Crippen MR) is 134 cm³/mol. The van der Waals surface area contributed by atoms with E-state index < -0.39 is 5.97 Å². The Morgan fingerprint density at radius 2 is 1.64 bits per heavy atom. The first-order valence-electron chi connectivity index (χ1n) is 12.1. The number of fused-ring (bicyclic) bond motifs is 2. The second-order valence-electron chi connectivity index (χ2n) is 9.14. The fraction of sp³-hybridized carbons (Fsp3) is 0.429. The molecule has 8 nitrogen and oxygen atoms in total. The molecule has 2 aliphatic rings. The average molecular weight is 496 g/mol. The Labute approximate surface area is 211 Å². The van der Waals surface area contributed by atoms with Gasteiger partial charge in [-0.2, -0.15) is 0 Å². The third-order valence-corrected chi connectivity index (χ3v) is 6.93. The average Bonchev–Trinajstić information content (AvgIpc) is 3.04. The zero-order valence-electron chi connectivity index (χ0n) is 21.1. The second-order valence-corrected chi connectivity index (χ2v) is 9.14. The molecule has 36 heavy (non-hydrogen) atoms. The Bertz CT molecular complexity index is 1080. The summed E-state index contributed by atoms with van der Waals surface area (Å²) in [5.74, 6) is 0.845. The molecule has 2 bridgehead atoms. The number of hydrogen-bond acceptors (Lipinski definition) is 8. The summed E-state index contributed by atoms with van der Waals surface area (Å²) in [6, 6.07) is 13.3. The van der Waals surface area contributed by atoms with Gasteiger partial charge in [0.1, 0.15) is 12.2 Å². The van der Waals surface area contributed by atoms with Crippen molar-refractivity contribution in [2.45, 2.75) is 50.0 Å². The standard InChI is InChI=1S/C28H33NO7/c1-29-20-15-21(35-27(31)14-18-8-6-5-7-9-18)17-22(29)23(16-20)36-26(30)11-10-19-12-24(32-2)28(34-4)25(13-19)33-3/h5-13,20-23H,14-17H2,1-4H3/b11-10+/t20?,21-,22?,23-/m0/s1. The van der Waals surface area contributed by atoms with Crippen LogP contribution < -0.4 is 14.2 Å². The zero-order chi connectivity index (χ0) is 25.7. The van der Waals surface area contributed by atoms with Crippen molar-refractivity contribution in [1.82, 2.24) is 4.90 Å². The van der Waals surface area contributed by atoms with Gasteiger partial charge in [0.15, 0.2) is 11.5 Å². The lowest BCUT2D eigenvalue weighted by Gasteiger charge is -2.36. The van der Waals surface area contributed by atoms with Crippen molar-refractivity contribution in [1.29, 1.82) is 0 Å². The summed E-state index contributed by atoms with van der Waals surface area (Å²) in [6.07, 6.45) is 4.99. The lowest BCUT2D eigenvalue weighted by atomic mass is 10.00. The molecule has 4 rings (SSSR count). The Balaban J connectivity index is 1.35. The second kappa shape index (κ2) is 11.5. The number of carbonyl (C=O) groups is 2. The molecule has 2 aromatic carbocycles. The summed E-state index contributed by atoms with van der Waals surface area (Å²) in [4.78, 5) is 27.4. The Morgan fingerprint density at radius 1 is 0.944 bits per heavy atom. The van der Waals surface area contributed by atoms with Gasteiger partial charge in [0.05, 0.1) is 33.8 Å². The van der Waals surface area contributed by atoms with Crippen LogP contribution in [0.15, 0.2) is 48.5 Å². The first-order chi connectivity index (χ1) is 17.4. The van der Waals surface area contributed by atoms with Crippen molar-refractivity contribution in [3.8, 4) is 17.2 Å². The normalized spacial score (nSPS) is 23.3. The van der Waals surface area contributed by atoms with Crippen LogP contribution in [0.1, 0.15) is 30.4 Å². The summed E-state index contributed by atoms with van der Waals surface area (Å²) < 4.78 is 27.7. The smallest absolute Gasteiger partial charge is 0.331 e. The number of rotatable bonds is 9. The van der Waals surface area contributed by atoms with Gasteiger partial charge < -0.3 is 23.7 Å². The molecule has 2 aliphatic heterocycles. The zero-order valence-corrected chi connectivity index (χ0v) is 21.1. The molecule has 192 valence electrons. The van der Waals surface area contributed by atoms with Crippen molar-refractivity contribution in [2.24, 2.45) is 0 Å². The highest BCUT2D eigenvalue weighted by molar-refractivity contribution is 5.87. The largest absolute Gasteiger partial charge is 0.493 e. The van der Waals surface area contributed by atoms with Crippen LogP contribution in [-0.2, 0) is 25.5 Å². The molecule has 4 atom stereocenters. The van der Waals surface area contributed by atoms with Crippen LogP contribution in [0.25, 0.3) is 6.08 Å². The number of benzene rings is 2. The van der Waals surface area contributed by atoms with Crippen molar-refractivity contribution < 1.29 is 33.3 Å². The van der Waals surface area contributed by atoms with Crippen molar-refractivity contribution >= 4 is 18.0 Å². The van der Waals surface area contributed by atoms with Gasteiger partial charge in [-0.25, -0.2) is 4.79 Å². The molecule has 0 N–H and O–H groups in total. The van der Waals surface area contributed by atoms with Crippen molar-refractivity contribution in [3.05, 3.63) is 59.7 Å². The topological polar surface area (TPSA) is 83.5 Å². The van der Waals surface area contributed by atoms with E-state index in [2.05, 4.69) is 4.90 Å². The van der Waals surface area contributed by atoms with Crippen LogP contribution in [0, 0.1) is 0 Å². The van der Waals surface area contributed by atoms with E-state index in [1.54, 1.807) is 32.4 Å². The molecule has 2 heterocycles. The molecule has 0 saturated carbocycles. The lowest BCUT2D eigenvalue weighted by molar-refractivity contribution is -0.153. The van der Waals surface area contributed by atoms with Gasteiger partial charge in [-0.3, -0.25) is 9.69 Å². The number of esters is 2. The molecule has 0 aromatic heterocycles. The van der Waals surface area contributed by atoms with Gasteiger partial charge in [0, 0.05) is 31.4 Å². The Hall–Kier alpha value is -3.52. The monoisotopic (exact) mass is 495 g/mol. The summed E-state index contributed by atoms with van der Waals surface area (Å²) in [5, 5.41) is 0. The molecule has 2 saturated heterocycles. The molecule has 0 amide bonds. The quantitative estimate of drug-likeness (QED) is 0.385. The highest BCUT2D eigenvalue weighted by Gasteiger charge is 2.47. The third-order valence-electron chi connectivity index (χ3n) is 6.93. The number of hydrogen-bond donors (Lipinski definition) is 0. The molecule has 2 aromatic rings. The minimum absolute atomic E-state index is 0.0109. The molecule has 8 heteroatoms. The number of methoxy groups -OCH3 is 3. The molecule has 0 spiro atoms. The van der Waals surface area contributed by atoms with E-state index in [9.17, 15) is 9.59 Å². The fourth-order valence-corrected chi connectivity index (χ4v) is 5.14. The van der Waals surface area contributed by atoms with Crippen LogP contribution in [-0.4, -0.2) is 69.5 Å². The van der Waals surface area contributed by atoms with Crippen LogP contribution >= 0.6 is 0 Å². The first kappa shape index (κ1) is 25.6. The van der Waals surface area contributed by atoms with E-state index in [0.717, 1.165) is 18.4 Å². The number of likely N-dealkylation sites (N-methyl/N-ethyl adjacent to an activating group) is 1. The molecular weight excluding hydrogens is 462 g/mol. The molecule has 0 aliphatic carbocycles. The molecular formula is C28H33NO7. The lowest BCUT2D eigenvalue weighted by Crippen LogP contribution is -2.46. The summed E-state index contributed by atoms with van der Waals surface area (Å²) >= 11 is 0. The van der Waals surface area contributed by atoms with E-state index >= 15 is 0 Å². The highest BCUT2D eigenvalue weighted by atomic mass is 16.6. The minimum Gasteiger partial charge on any atom is -0.493 e. The minimum atomic E-state index is -0.424. The first-order valence-corrected chi connectivity index (χ1v) is 12.1. The van der Waals surface area contributed by atoms with Gasteiger partial charge in [-0.05, 0) is 36.4 Å². The number of carbonyl (C=O) groups excluding carboxylic acids is 2. The number of piperidine rings is 1. The summed E-state index contributed by atoms with van der Waals surface area (Å²) in [7, 11) is 6.66. The van der Waals surface area contributed by atoms with Crippen LogP contribution in [0.4, 0.5) is 0 Å².